The van der Waals surface area contributed by atoms with Gasteiger partial charge < -0.3 is 15.8 Å². The van der Waals surface area contributed by atoms with Gasteiger partial charge in [-0.3, -0.25) is 9.59 Å². The van der Waals surface area contributed by atoms with Gasteiger partial charge in [0.05, 0.1) is 12.9 Å². The van der Waals surface area contributed by atoms with Crippen molar-refractivity contribution in [3.63, 3.8) is 0 Å². The number of nitrogens with two attached hydrogens (primary N) is 1. The Kier molecular flexibility index (Phi) is 9.21. The van der Waals surface area contributed by atoms with Crippen molar-refractivity contribution in [1.82, 2.24) is 5.32 Å². The molecule has 1 aliphatic rings. The Morgan fingerprint density at radius 3 is 2.37 bits per heavy atom. The van der Waals surface area contributed by atoms with Gasteiger partial charge in [-0.25, -0.2) is 8.42 Å². The van der Waals surface area contributed by atoms with E-state index < -0.39 is 21.6 Å². The van der Waals surface area contributed by atoms with Gasteiger partial charge in [-0.05, 0) is 29.9 Å². The minimum absolute atomic E-state index is 0. The summed E-state index contributed by atoms with van der Waals surface area (Å²) in [5.74, 6) is -1.39. The molecule has 0 aromatic heterocycles. The quantitative estimate of drug-likeness (QED) is 0.615. The van der Waals surface area contributed by atoms with Crippen molar-refractivity contribution in [2.75, 3.05) is 12.9 Å². The number of amides is 1. The van der Waals surface area contributed by atoms with Gasteiger partial charge in [0.1, 0.15) is 5.75 Å². The lowest BCUT2D eigenvalue weighted by atomic mass is 10.00. The maximum Gasteiger partial charge on any atom is 0.320 e. The topological polar surface area (TPSA) is 116 Å². The Balaban J connectivity index is 0.00000364. The summed E-state index contributed by atoms with van der Waals surface area (Å²) in [6, 6.07) is 7.02. The summed E-state index contributed by atoms with van der Waals surface area (Å²) in [6.07, 6.45) is 3.52. The molecule has 1 aliphatic carbocycles. The van der Waals surface area contributed by atoms with E-state index in [4.69, 9.17) is 5.73 Å². The smallest absolute Gasteiger partial charge is 0.320 e. The van der Waals surface area contributed by atoms with E-state index in [-0.39, 0.29) is 36.0 Å². The van der Waals surface area contributed by atoms with E-state index >= 15 is 0 Å². The lowest BCUT2D eigenvalue weighted by Crippen LogP contribution is -2.31. The molecule has 0 unspecified atom stereocenters. The first kappa shape index (κ1) is 23.4. The van der Waals surface area contributed by atoms with E-state index in [2.05, 4.69) is 10.1 Å². The van der Waals surface area contributed by atoms with Crippen LogP contribution in [0, 0.1) is 5.92 Å². The highest BCUT2D eigenvalue weighted by atomic mass is 35.5. The zero-order valence-corrected chi connectivity index (χ0v) is 17.0. The molecule has 3 N–H and O–H groups in total. The largest absolute Gasteiger partial charge is 0.468 e. The summed E-state index contributed by atoms with van der Waals surface area (Å²) >= 11 is 0. The second kappa shape index (κ2) is 10.6. The van der Waals surface area contributed by atoms with Gasteiger partial charge in [0.25, 0.3) is 0 Å². The zero-order valence-electron chi connectivity index (χ0n) is 15.3. The average molecular weight is 419 g/mol. The summed E-state index contributed by atoms with van der Waals surface area (Å²) in [4.78, 5) is 23.1. The monoisotopic (exact) mass is 418 g/mol. The van der Waals surface area contributed by atoms with E-state index in [1.165, 1.54) is 0 Å². The number of carbonyl (C=O) groups excluding carboxylic acids is 2. The molecule has 1 aromatic rings. The van der Waals surface area contributed by atoms with Gasteiger partial charge >= 0.3 is 5.97 Å². The molecule has 1 aromatic carbocycles. The summed E-state index contributed by atoms with van der Waals surface area (Å²) < 4.78 is 28.2. The van der Waals surface area contributed by atoms with Crippen molar-refractivity contribution in [1.29, 1.82) is 0 Å². The fourth-order valence-corrected chi connectivity index (χ4v) is 4.41. The molecule has 0 heterocycles. The first-order valence-corrected chi connectivity index (χ1v) is 10.5. The fourth-order valence-electron chi connectivity index (χ4n) is 3.13. The minimum atomic E-state index is -3.56. The molecule has 0 bridgehead atoms. The molecule has 7 nitrogen and oxygen atoms in total. The summed E-state index contributed by atoms with van der Waals surface area (Å²) in [5.41, 5.74) is 7.44. The van der Waals surface area contributed by atoms with Gasteiger partial charge in [-0.2, -0.15) is 0 Å². The SMILES string of the molecule is COC(=O)CS(=O)(=O)Cc1ccc(CNC(=O)C[C@@H]2CCC[C@H]2N)cc1.Cl. The molecule has 9 heteroatoms. The number of methoxy groups -OCH3 is 1. The predicted octanol–water partition coefficient (Wildman–Crippen LogP) is 1.33. The van der Waals surface area contributed by atoms with Crippen LogP contribution in [0.3, 0.4) is 0 Å². The Hall–Kier alpha value is -1.64. The van der Waals surface area contributed by atoms with Crippen LogP contribution in [0.5, 0.6) is 0 Å². The van der Waals surface area contributed by atoms with Gasteiger partial charge in [0, 0.05) is 19.0 Å². The van der Waals surface area contributed by atoms with Gasteiger partial charge in [-0.15, -0.1) is 12.4 Å². The van der Waals surface area contributed by atoms with Crippen molar-refractivity contribution >= 4 is 34.1 Å². The third kappa shape index (κ3) is 7.86. The molecule has 2 rings (SSSR count). The van der Waals surface area contributed by atoms with Crippen LogP contribution in [0.25, 0.3) is 0 Å². The van der Waals surface area contributed by atoms with Crippen molar-refractivity contribution in [2.45, 2.75) is 44.0 Å². The Morgan fingerprint density at radius 1 is 1.19 bits per heavy atom. The van der Waals surface area contributed by atoms with Crippen LogP contribution in [0.1, 0.15) is 36.8 Å². The van der Waals surface area contributed by atoms with Gasteiger partial charge in [-0.1, -0.05) is 30.7 Å². The third-order valence-electron chi connectivity index (χ3n) is 4.63. The molecular formula is C18H27ClN2O5S. The van der Waals surface area contributed by atoms with Crippen LogP contribution >= 0.6 is 12.4 Å². The molecule has 0 saturated heterocycles. The van der Waals surface area contributed by atoms with Crippen molar-refractivity contribution < 1.29 is 22.7 Å². The number of benzene rings is 1. The van der Waals surface area contributed by atoms with E-state index in [1.807, 2.05) is 0 Å². The van der Waals surface area contributed by atoms with E-state index in [1.54, 1.807) is 24.3 Å². The standard InChI is InChI=1S/C18H26N2O5S.ClH/c1-25-18(22)12-26(23,24)11-14-7-5-13(6-8-14)10-20-17(21)9-15-3-2-4-16(15)19;/h5-8,15-16H,2-4,9-12,19H2,1H3,(H,20,21);1H/t15-,16+;/m0./s1. The molecule has 2 atom stereocenters. The summed E-state index contributed by atoms with van der Waals surface area (Å²) in [5, 5.41) is 2.87. The van der Waals surface area contributed by atoms with Crippen LogP contribution in [-0.2, 0) is 36.5 Å². The molecule has 0 radical (unpaired) electrons. The molecule has 1 saturated carbocycles. The molecule has 152 valence electrons. The first-order chi connectivity index (χ1) is 12.3. The second-order valence-electron chi connectivity index (χ2n) is 6.76. The van der Waals surface area contributed by atoms with Crippen molar-refractivity contribution in [2.24, 2.45) is 11.7 Å². The minimum Gasteiger partial charge on any atom is -0.468 e. The van der Waals surface area contributed by atoms with Crippen LogP contribution in [-0.4, -0.2) is 39.2 Å². The summed E-state index contributed by atoms with van der Waals surface area (Å²) in [6.45, 7) is 0.385. The van der Waals surface area contributed by atoms with Gasteiger partial charge in [0.2, 0.25) is 5.91 Å². The van der Waals surface area contributed by atoms with E-state index in [0.717, 1.165) is 31.9 Å². The molecular weight excluding hydrogens is 392 g/mol. The maximum atomic E-state index is 12.0. The van der Waals surface area contributed by atoms with E-state index in [0.29, 0.717) is 18.5 Å². The number of carbonyl (C=O) groups is 2. The zero-order chi connectivity index (χ0) is 19.2. The number of esters is 1. The van der Waals surface area contributed by atoms with Crippen LogP contribution in [0.15, 0.2) is 24.3 Å². The molecule has 27 heavy (non-hydrogen) atoms. The lowest BCUT2D eigenvalue weighted by molar-refractivity contribution is -0.137. The molecule has 0 spiro atoms. The predicted molar refractivity (Wildman–Crippen MR) is 105 cm³/mol. The number of halogens is 1. The van der Waals surface area contributed by atoms with E-state index in [9.17, 15) is 18.0 Å². The maximum absolute atomic E-state index is 12.0. The number of ether oxygens (including phenoxy) is 1. The van der Waals surface area contributed by atoms with Crippen LogP contribution in [0.2, 0.25) is 0 Å². The number of hydrogen-bond acceptors (Lipinski definition) is 6. The fraction of sp³-hybridized carbons (Fsp3) is 0.556. The highest BCUT2D eigenvalue weighted by Gasteiger charge is 2.25. The third-order valence-corrected chi connectivity index (χ3v) is 6.08. The van der Waals surface area contributed by atoms with Gasteiger partial charge in [0.15, 0.2) is 9.84 Å². The van der Waals surface area contributed by atoms with Crippen LogP contribution < -0.4 is 11.1 Å². The van der Waals surface area contributed by atoms with Crippen molar-refractivity contribution in [3.05, 3.63) is 35.4 Å². The number of sulfone groups is 1. The number of hydrogen-bond donors (Lipinski definition) is 2. The Bertz CT molecular complexity index is 737. The lowest BCUT2D eigenvalue weighted by Gasteiger charge is -2.14. The highest BCUT2D eigenvalue weighted by molar-refractivity contribution is 7.91. The molecule has 1 amide bonds. The first-order valence-electron chi connectivity index (χ1n) is 8.66. The Morgan fingerprint density at radius 2 is 1.81 bits per heavy atom. The second-order valence-corrected chi connectivity index (χ2v) is 8.83. The summed E-state index contributed by atoms with van der Waals surface area (Å²) in [7, 11) is -2.41. The van der Waals surface area contributed by atoms with Crippen LogP contribution in [0.4, 0.5) is 0 Å². The normalized spacial score (nSPS) is 19.2. The number of nitrogens with one attached hydrogen (secondary N) is 1. The van der Waals surface area contributed by atoms with Crippen molar-refractivity contribution in [3.8, 4) is 0 Å². The Labute approximate surface area is 166 Å². The number of rotatable bonds is 8. The average Bonchev–Trinajstić information content (AvgIpc) is 2.98. The molecule has 0 aliphatic heterocycles. The molecule has 1 fully saturated rings. The highest BCUT2D eigenvalue weighted by Crippen LogP contribution is 2.26.